The van der Waals surface area contributed by atoms with Gasteiger partial charge in [-0.2, -0.15) is 0 Å². The van der Waals surface area contributed by atoms with Crippen LogP contribution in [0.1, 0.15) is 25.5 Å². The molecule has 0 fully saturated rings. The Morgan fingerprint density at radius 2 is 1.92 bits per heavy atom. The molecule has 2 heterocycles. The van der Waals surface area contributed by atoms with Crippen LogP contribution in [0, 0.1) is 0 Å². The van der Waals surface area contributed by atoms with Crippen LogP contribution >= 0.6 is 11.8 Å². The van der Waals surface area contributed by atoms with Crippen molar-refractivity contribution >= 4 is 29.3 Å². The zero-order chi connectivity index (χ0) is 17.3. The second-order valence-corrected chi connectivity index (χ2v) is 7.40. The highest BCUT2D eigenvalue weighted by atomic mass is 32.2. The number of anilines is 1. The van der Waals surface area contributed by atoms with Gasteiger partial charge in [0.1, 0.15) is 0 Å². The Hall–Kier alpha value is -2.34. The minimum atomic E-state index is -1.19. The van der Waals surface area contributed by atoms with Crippen molar-refractivity contribution in [1.82, 2.24) is 10.3 Å². The molecule has 0 unspecified atom stereocenters. The van der Waals surface area contributed by atoms with Gasteiger partial charge in [-0.15, -0.1) is 0 Å². The zero-order valence-corrected chi connectivity index (χ0v) is 14.6. The van der Waals surface area contributed by atoms with Crippen LogP contribution in [0.2, 0.25) is 0 Å². The standard InChI is InChI=1S/C18H19N3O2S/c1-12(13-8-10-19-11-9-13)20-16(22)18(2)17(23)21(3)14-6-4-5-7-15(14)24-18/h4-12H,1-3H3,(H,20,22)/t12-,18-/m1/s1. The maximum absolute atomic E-state index is 12.9. The Balaban J connectivity index is 1.85. The predicted molar refractivity (Wildman–Crippen MR) is 94.9 cm³/mol. The first-order valence-electron chi connectivity index (χ1n) is 7.70. The van der Waals surface area contributed by atoms with E-state index in [0.717, 1.165) is 16.1 Å². The van der Waals surface area contributed by atoms with Gasteiger partial charge in [0.15, 0.2) is 4.75 Å². The molecule has 0 aliphatic carbocycles. The molecule has 2 amide bonds. The van der Waals surface area contributed by atoms with Crippen molar-refractivity contribution in [3.8, 4) is 0 Å². The van der Waals surface area contributed by atoms with Gasteiger partial charge in [0.25, 0.3) is 5.91 Å². The summed E-state index contributed by atoms with van der Waals surface area (Å²) in [6.45, 7) is 3.58. The number of nitrogens with zero attached hydrogens (tertiary/aromatic N) is 2. The lowest BCUT2D eigenvalue weighted by atomic mass is 10.1. The van der Waals surface area contributed by atoms with E-state index in [9.17, 15) is 9.59 Å². The average molecular weight is 341 g/mol. The number of aromatic nitrogens is 1. The van der Waals surface area contributed by atoms with Crippen LogP contribution in [-0.2, 0) is 9.59 Å². The van der Waals surface area contributed by atoms with E-state index in [1.54, 1.807) is 31.3 Å². The monoisotopic (exact) mass is 341 g/mol. The molecular weight excluding hydrogens is 322 g/mol. The fourth-order valence-corrected chi connectivity index (χ4v) is 4.00. The number of fused-ring (bicyclic) bond motifs is 1. The lowest BCUT2D eigenvalue weighted by molar-refractivity contribution is -0.131. The molecule has 1 N–H and O–H groups in total. The Bertz CT molecular complexity index is 781. The molecule has 2 aromatic rings. The Morgan fingerprint density at radius 1 is 1.25 bits per heavy atom. The Labute approximate surface area is 145 Å². The fourth-order valence-electron chi connectivity index (χ4n) is 2.73. The van der Waals surface area contributed by atoms with Gasteiger partial charge >= 0.3 is 0 Å². The fraction of sp³-hybridized carbons (Fsp3) is 0.278. The molecular formula is C18H19N3O2S. The third-order valence-electron chi connectivity index (χ3n) is 4.24. The molecule has 1 aromatic carbocycles. The van der Waals surface area contributed by atoms with Crippen molar-refractivity contribution in [3.63, 3.8) is 0 Å². The summed E-state index contributed by atoms with van der Waals surface area (Å²) in [6.07, 6.45) is 3.37. The summed E-state index contributed by atoms with van der Waals surface area (Å²) >= 11 is 1.30. The van der Waals surface area contributed by atoms with Crippen molar-refractivity contribution in [1.29, 1.82) is 0 Å². The van der Waals surface area contributed by atoms with Gasteiger partial charge in [-0.25, -0.2) is 0 Å². The number of thioether (sulfide) groups is 1. The highest BCUT2D eigenvalue weighted by Gasteiger charge is 2.48. The van der Waals surface area contributed by atoms with Gasteiger partial charge in [-0.1, -0.05) is 23.9 Å². The maximum atomic E-state index is 12.9. The number of hydrogen-bond acceptors (Lipinski definition) is 4. The summed E-state index contributed by atoms with van der Waals surface area (Å²) in [4.78, 5) is 32.1. The van der Waals surface area contributed by atoms with E-state index < -0.39 is 4.75 Å². The molecule has 5 nitrogen and oxygen atoms in total. The van der Waals surface area contributed by atoms with Crippen LogP contribution < -0.4 is 10.2 Å². The number of pyridine rings is 1. The molecule has 6 heteroatoms. The van der Waals surface area contributed by atoms with Gasteiger partial charge in [-0.05, 0) is 43.7 Å². The van der Waals surface area contributed by atoms with E-state index in [4.69, 9.17) is 0 Å². The first-order valence-corrected chi connectivity index (χ1v) is 8.52. The second kappa shape index (κ2) is 6.28. The van der Waals surface area contributed by atoms with E-state index in [-0.39, 0.29) is 17.9 Å². The van der Waals surface area contributed by atoms with Gasteiger partial charge in [0.2, 0.25) is 5.91 Å². The molecule has 1 aromatic heterocycles. The van der Waals surface area contributed by atoms with Crippen molar-refractivity contribution in [3.05, 3.63) is 54.4 Å². The van der Waals surface area contributed by atoms with Crippen LogP contribution in [0.5, 0.6) is 0 Å². The highest BCUT2D eigenvalue weighted by molar-refractivity contribution is 8.02. The van der Waals surface area contributed by atoms with Gasteiger partial charge in [-0.3, -0.25) is 14.6 Å². The normalized spacial score (nSPS) is 21.1. The summed E-state index contributed by atoms with van der Waals surface area (Å²) in [5, 5.41) is 2.95. The summed E-state index contributed by atoms with van der Waals surface area (Å²) in [5.41, 5.74) is 1.78. The SMILES string of the molecule is C[C@@H](NC(=O)[C@@]1(C)Sc2ccccc2N(C)C1=O)c1ccncc1. The highest BCUT2D eigenvalue weighted by Crippen LogP contribution is 2.44. The van der Waals surface area contributed by atoms with Gasteiger partial charge in [0.05, 0.1) is 11.7 Å². The number of carbonyl (C=O) groups excluding carboxylic acids is 2. The van der Waals surface area contributed by atoms with Crippen LogP contribution in [0.3, 0.4) is 0 Å². The van der Waals surface area contributed by atoms with Crippen LogP contribution in [0.4, 0.5) is 5.69 Å². The predicted octanol–water partition coefficient (Wildman–Crippen LogP) is 2.79. The van der Waals surface area contributed by atoms with E-state index in [1.807, 2.05) is 43.3 Å². The zero-order valence-electron chi connectivity index (χ0n) is 13.8. The number of amides is 2. The number of nitrogens with one attached hydrogen (secondary N) is 1. The summed E-state index contributed by atoms with van der Waals surface area (Å²) in [5.74, 6) is -0.506. The second-order valence-electron chi connectivity index (χ2n) is 5.94. The number of carbonyl (C=O) groups is 2. The molecule has 3 rings (SSSR count). The largest absolute Gasteiger partial charge is 0.348 e. The van der Waals surface area contributed by atoms with Crippen molar-refractivity contribution < 1.29 is 9.59 Å². The first kappa shape index (κ1) is 16.5. The lowest BCUT2D eigenvalue weighted by Crippen LogP contribution is -2.55. The molecule has 0 radical (unpaired) electrons. The van der Waals surface area contributed by atoms with Crippen molar-refractivity contribution in [2.24, 2.45) is 0 Å². The number of benzene rings is 1. The maximum Gasteiger partial charge on any atom is 0.252 e. The van der Waals surface area contributed by atoms with Crippen LogP contribution in [-0.4, -0.2) is 28.6 Å². The third-order valence-corrected chi connectivity index (χ3v) is 5.57. The molecule has 1 aliphatic rings. The Kier molecular flexibility index (Phi) is 4.32. The molecule has 0 saturated heterocycles. The van der Waals surface area contributed by atoms with Gasteiger partial charge in [0, 0.05) is 24.3 Å². The number of rotatable bonds is 3. The van der Waals surface area contributed by atoms with Crippen LogP contribution in [0.25, 0.3) is 0 Å². The van der Waals surface area contributed by atoms with E-state index >= 15 is 0 Å². The molecule has 2 atom stereocenters. The summed E-state index contributed by atoms with van der Waals surface area (Å²) in [6, 6.07) is 11.1. The lowest BCUT2D eigenvalue weighted by Gasteiger charge is -2.37. The first-order chi connectivity index (χ1) is 11.4. The molecule has 0 spiro atoms. The molecule has 124 valence electrons. The topological polar surface area (TPSA) is 62.3 Å². The van der Waals surface area contributed by atoms with E-state index in [2.05, 4.69) is 10.3 Å². The summed E-state index contributed by atoms with van der Waals surface area (Å²) < 4.78 is -1.19. The summed E-state index contributed by atoms with van der Waals surface area (Å²) in [7, 11) is 1.71. The molecule has 24 heavy (non-hydrogen) atoms. The molecule has 0 bridgehead atoms. The number of hydrogen-bond donors (Lipinski definition) is 1. The number of para-hydroxylation sites is 1. The minimum absolute atomic E-state index is 0.201. The molecule has 0 saturated carbocycles. The minimum Gasteiger partial charge on any atom is -0.348 e. The average Bonchev–Trinajstić information content (AvgIpc) is 2.60. The van der Waals surface area contributed by atoms with E-state index in [1.165, 1.54) is 11.8 Å². The van der Waals surface area contributed by atoms with Gasteiger partial charge < -0.3 is 10.2 Å². The van der Waals surface area contributed by atoms with Crippen molar-refractivity contribution in [2.75, 3.05) is 11.9 Å². The third kappa shape index (κ3) is 2.78. The Morgan fingerprint density at radius 3 is 2.62 bits per heavy atom. The van der Waals surface area contributed by atoms with Crippen LogP contribution in [0.15, 0.2) is 53.7 Å². The van der Waals surface area contributed by atoms with Crippen molar-refractivity contribution in [2.45, 2.75) is 29.5 Å². The van der Waals surface area contributed by atoms with E-state index in [0.29, 0.717) is 0 Å². The smallest absolute Gasteiger partial charge is 0.252 e. The quantitative estimate of drug-likeness (QED) is 0.872. The molecule has 1 aliphatic heterocycles.